The lowest BCUT2D eigenvalue weighted by Gasteiger charge is -2.17. The summed E-state index contributed by atoms with van der Waals surface area (Å²) in [4.78, 5) is 0. The van der Waals surface area contributed by atoms with Gasteiger partial charge in [0.2, 0.25) is 0 Å². The summed E-state index contributed by atoms with van der Waals surface area (Å²) >= 11 is 3.14. The van der Waals surface area contributed by atoms with E-state index < -0.39 is 11.7 Å². The van der Waals surface area contributed by atoms with Crippen LogP contribution in [0, 0.1) is 5.92 Å². The molecule has 0 spiro atoms. The molecule has 0 saturated heterocycles. The van der Waals surface area contributed by atoms with E-state index in [-0.39, 0.29) is 6.04 Å². The van der Waals surface area contributed by atoms with E-state index in [2.05, 4.69) is 35.1 Å². The van der Waals surface area contributed by atoms with Crippen LogP contribution in [-0.4, -0.2) is 12.6 Å². The topological polar surface area (TPSA) is 38.0 Å². The molecule has 1 aromatic rings. The molecule has 2 nitrogen and oxygen atoms in total. The molecular formula is C13H18BrF3N2. The molecule has 19 heavy (non-hydrogen) atoms. The highest BCUT2D eigenvalue weighted by atomic mass is 79.9. The number of hydrogen-bond acceptors (Lipinski definition) is 2. The first-order valence-corrected chi connectivity index (χ1v) is 6.85. The fraction of sp³-hybridized carbons (Fsp3) is 0.538. The molecule has 1 aromatic carbocycles. The van der Waals surface area contributed by atoms with Crippen LogP contribution in [0.2, 0.25) is 0 Å². The highest BCUT2D eigenvalue weighted by Gasteiger charge is 2.30. The number of alkyl halides is 3. The van der Waals surface area contributed by atoms with E-state index in [4.69, 9.17) is 5.73 Å². The third-order valence-electron chi connectivity index (χ3n) is 2.63. The van der Waals surface area contributed by atoms with Crippen molar-refractivity contribution in [1.29, 1.82) is 0 Å². The number of anilines is 1. The van der Waals surface area contributed by atoms with Gasteiger partial charge in [-0.25, -0.2) is 0 Å². The highest BCUT2D eigenvalue weighted by molar-refractivity contribution is 9.10. The Morgan fingerprint density at radius 2 is 1.95 bits per heavy atom. The first-order chi connectivity index (χ1) is 8.70. The van der Waals surface area contributed by atoms with Crippen LogP contribution in [0.25, 0.3) is 0 Å². The lowest BCUT2D eigenvalue weighted by Crippen LogP contribution is -2.30. The fourth-order valence-electron chi connectivity index (χ4n) is 1.76. The number of benzene rings is 1. The van der Waals surface area contributed by atoms with Crippen LogP contribution in [0.3, 0.4) is 0 Å². The van der Waals surface area contributed by atoms with E-state index in [1.807, 2.05) is 0 Å². The van der Waals surface area contributed by atoms with Crippen LogP contribution in [0.15, 0.2) is 22.7 Å². The summed E-state index contributed by atoms with van der Waals surface area (Å²) in [6.07, 6.45) is -3.46. The van der Waals surface area contributed by atoms with Gasteiger partial charge < -0.3 is 11.1 Å². The van der Waals surface area contributed by atoms with E-state index >= 15 is 0 Å². The molecule has 0 saturated carbocycles. The summed E-state index contributed by atoms with van der Waals surface area (Å²) in [5.41, 5.74) is 5.86. The van der Waals surface area contributed by atoms with Gasteiger partial charge in [-0.1, -0.05) is 13.8 Å². The zero-order valence-corrected chi connectivity index (χ0v) is 12.5. The summed E-state index contributed by atoms with van der Waals surface area (Å²) in [6, 6.07) is 3.51. The number of nitrogens with two attached hydrogens (primary N) is 1. The Morgan fingerprint density at radius 3 is 2.42 bits per heavy atom. The van der Waals surface area contributed by atoms with Crippen molar-refractivity contribution in [3.8, 4) is 0 Å². The molecule has 0 radical (unpaired) electrons. The molecule has 1 unspecified atom stereocenters. The van der Waals surface area contributed by atoms with Crippen molar-refractivity contribution in [3.05, 3.63) is 28.2 Å². The molecule has 0 bridgehead atoms. The Labute approximate surface area is 119 Å². The molecule has 108 valence electrons. The maximum Gasteiger partial charge on any atom is 0.416 e. The quantitative estimate of drug-likeness (QED) is 0.842. The van der Waals surface area contributed by atoms with Gasteiger partial charge >= 0.3 is 6.18 Å². The predicted octanol–water partition coefficient (Wildman–Crippen LogP) is 4.25. The fourth-order valence-corrected chi connectivity index (χ4v) is 2.28. The summed E-state index contributed by atoms with van der Waals surface area (Å²) in [6.45, 7) is 4.68. The number of rotatable bonds is 5. The predicted molar refractivity (Wildman–Crippen MR) is 75.1 cm³/mol. The Hall–Kier alpha value is -0.750. The molecule has 0 aromatic heterocycles. The molecule has 3 N–H and O–H groups in total. The molecular weight excluding hydrogens is 321 g/mol. The summed E-state index contributed by atoms with van der Waals surface area (Å²) in [7, 11) is 0. The standard InChI is InChI=1S/C13H18BrF3N2/c1-8(2)5-10(18)7-19-12-4-3-9(6-11(12)14)13(15,16)17/h3-4,6,8,10,19H,5,7,18H2,1-2H3. The minimum atomic E-state index is -4.32. The van der Waals surface area contributed by atoms with Crippen molar-refractivity contribution < 1.29 is 13.2 Å². The van der Waals surface area contributed by atoms with Crippen LogP contribution in [-0.2, 0) is 6.18 Å². The minimum absolute atomic E-state index is 0.0193. The summed E-state index contributed by atoms with van der Waals surface area (Å²) in [5, 5.41) is 3.06. The van der Waals surface area contributed by atoms with Crippen LogP contribution in [0.1, 0.15) is 25.8 Å². The smallest absolute Gasteiger partial charge is 0.383 e. The Balaban J connectivity index is 2.66. The van der Waals surface area contributed by atoms with Gasteiger partial charge in [0.15, 0.2) is 0 Å². The molecule has 0 aliphatic carbocycles. The van der Waals surface area contributed by atoms with Gasteiger partial charge in [-0.2, -0.15) is 13.2 Å². The molecule has 0 heterocycles. The lowest BCUT2D eigenvalue weighted by atomic mass is 10.0. The Morgan fingerprint density at radius 1 is 1.32 bits per heavy atom. The second-order valence-electron chi connectivity index (χ2n) is 4.96. The normalized spacial score (nSPS) is 13.7. The maximum absolute atomic E-state index is 12.5. The monoisotopic (exact) mass is 338 g/mol. The highest BCUT2D eigenvalue weighted by Crippen LogP contribution is 2.33. The molecule has 0 aliphatic rings. The number of halogens is 4. The van der Waals surface area contributed by atoms with Gasteiger partial charge in [-0.15, -0.1) is 0 Å². The van der Waals surface area contributed by atoms with E-state index in [0.717, 1.165) is 18.6 Å². The van der Waals surface area contributed by atoms with Gasteiger partial charge in [0.25, 0.3) is 0 Å². The molecule has 6 heteroatoms. The second kappa shape index (κ2) is 6.61. The minimum Gasteiger partial charge on any atom is -0.383 e. The molecule has 0 fully saturated rings. The van der Waals surface area contributed by atoms with E-state index in [1.165, 1.54) is 6.07 Å². The van der Waals surface area contributed by atoms with E-state index in [9.17, 15) is 13.2 Å². The largest absolute Gasteiger partial charge is 0.416 e. The van der Waals surface area contributed by atoms with Crippen molar-refractivity contribution in [2.45, 2.75) is 32.5 Å². The molecule has 0 amide bonds. The van der Waals surface area contributed by atoms with Crippen molar-refractivity contribution in [2.24, 2.45) is 11.7 Å². The summed E-state index contributed by atoms with van der Waals surface area (Å²) in [5.74, 6) is 0.493. The molecule has 0 aliphatic heterocycles. The van der Waals surface area contributed by atoms with E-state index in [0.29, 0.717) is 22.6 Å². The van der Waals surface area contributed by atoms with Crippen molar-refractivity contribution in [3.63, 3.8) is 0 Å². The Bertz CT molecular complexity index is 419. The first-order valence-electron chi connectivity index (χ1n) is 6.06. The first kappa shape index (κ1) is 16.3. The van der Waals surface area contributed by atoms with Gasteiger partial charge in [-0.05, 0) is 46.5 Å². The van der Waals surface area contributed by atoms with Gasteiger partial charge in [0.1, 0.15) is 0 Å². The zero-order chi connectivity index (χ0) is 14.6. The van der Waals surface area contributed by atoms with Crippen molar-refractivity contribution in [1.82, 2.24) is 0 Å². The molecule has 1 rings (SSSR count). The van der Waals surface area contributed by atoms with Crippen LogP contribution in [0.5, 0.6) is 0 Å². The van der Waals surface area contributed by atoms with Gasteiger partial charge in [0.05, 0.1) is 5.56 Å². The SMILES string of the molecule is CC(C)CC(N)CNc1ccc(C(F)(F)F)cc1Br. The van der Waals surface area contributed by atoms with Gasteiger partial charge in [0, 0.05) is 22.7 Å². The van der Waals surface area contributed by atoms with Crippen molar-refractivity contribution in [2.75, 3.05) is 11.9 Å². The van der Waals surface area contributed by atoms with Crippen LogP contribution >= 0.6 is 15.9 Å². The third kappa shape index (κ3) is 5.40. The van der Waals surface area contributed by atoms with Crippen molar-refractivity contribution >= 4 is 21.6 Å². The maximum atomic E-state index is 12.5. The average Bonchev–Trinajstić information content (AvgIpc) is 2.25. The lowest BCUT2D eigenvalue weighted by molar-refractivity contribution is -0.137. The van der Waals surface area contributed by atoms with E-state index in [1.54, 1.807) is 0 Å². The zero-order valence-electron chi connectivity index (χ0n) is 10.9. The second-order valence-corrected chi connectivity index (χ2v) is 5.82. The van der Waals surface area contributed by atoms with Gasteiger partial charge in [-0.3, -0.25) is 0 Å². The van der Waals surface area contributed by atoms with Crippen LogP contribution in [0.4, 0.5) is 18.9 Å². The Kier molecular flexibility index (Phi) is 5.67. The molecule has 1 atom stereocenters. The van der Waals surface area contributed by atoms with Crippen LogP contribution < -0.4 is 11.1 Å². The number of nitrogens with one attached hydrogen (secondary N) is 1. The number of hydrogen-bond donors (Lipinski definition) is 2. The third-order valence-corrected chi connectivity index (χ3v) is 3.28. The summed E-state index contributed by atoms with van der Waals surface area (Å²) < 4.78 is 37.9. The average molecular weight is 339 g/mol.